The number of sulfonamides is 1. The zero-order valence-corrected chi connectivity index (χ0v) is 32.7. The number of carbonyl (C=O) groups excluding carboxylic acids is 4. The van der Waals surface area contributed by atoms with Crippen molar-refractivity contribution in [1.82, 2.24) is 30.2 Å². The number of carbonyl (C=O) groups is 4. The molecule has 7 rings (SSSR count). The van der Waals surface area contributed by atoms with E-state index in [4.69, 9.17) is 19.4 Å². The van der Waals surface area contributed by atoms with Gasteiger partial charge in [-0.15, -0.1) is 11.3 Å². The van der Waals surface area contributed by atoms with E-state index < -0.39 is 68.7 Å². The van der Waals surface area contributed by atoms with Crippen molar-refractivity contribution in [3.05, 3.63) is 53.9 Å². The van der Waals surface area contributed by atoms with Gasteiger partial charge in [-0.05, 0) is 88.8 Å². The molecule has 14 nitrogen and oxygen atoms in total. The van der Waals surface area contributed by atoms with Crippen LogP contribution in [0.25, 0.3) is 21.6 Å². The molecular formula is C39H48N6O8S2. The van der Waals surface area contributed by atoms with Crippen molar-refractivity contribution in [1.29, 1.82) is 0 Å². The van der Waals surface area contributed by atoms with Crippen molar-refractivity contribution in [2.45, 2.75) is 120 Å². The Kier molecular flexibility index (Phi) is 11.4. The summed E-state index contributed by atoms with van der Waals surface area (Å²) in [6, 6.07) is 9.14. The lowest BCUT2D eigenvalue weighted by Gasteiger charge is -2.30. The number of para-hydroxylation sites is 2. The van der Waals surface area contributed by atoms with E-state index >= 15 is 0 Å². The highest BCUT2D eigenvalue weighted by Gasteiger charge is 2.61. The number of hydrogen-bond acceptors (Lipinski definition) is 11. The molecule has 3 fully saturated rings. The van der Waals surface area contributed by atoms with Gasteiger partial charge in [0, 0.05) is 12.3 Å². The Morgan fingerprint density at radius 3 is 2.45 bits per heavy atom. The van der Waals surface area contributed by atoms with Crippen molar-refractivity contribution in [3.8, 4) is 16.5 Å². The molecule has 55 heavy (non-hydrogen) atoms. The van der Waals surface area contributed by atoms with Crippen LogP contribution in [0.4, 0.5) is 4.79 Å². The molecule has 1 aromatic carbocycles. The molecule has 1 saturated heterocycles. The third kappa shape index (κ3) is 8.64. The molecule has 3 N–H and O–H groups in total. The molecule has 5 atom stereocenters. The van der Waals surface area contributed by atoms with Crippen LogP contribution < -0.4 is 20.1 Å². The molecule has 2 aliphatic heterocycles. The van der Waals surface area contributed by atoms with E-state index in [1.807, 2.05) is 53.9 Å². The SMILES string of the molecule is CC(C)S(=O)(=O)NC(=O)[C@@]12CC1/C=C\CCCCC[C@@H](NC(=O)OC1CCCC1)C(=O)N1C[C@H](Oc3nc4ccccc4nc3-c3cccs3)C[C@H]1C(=O)N2. The molecule has 4 amide bonds. The summed E-state index contributed by atoms with van der Waals surface area (Å²) in [6.45, 7) is 2.91. The average Bonchev–Trinajstić information content (AvgIpc) is 3.65. The van der Waals surface area contributed by atoms with Gasteiger partial charge in [-0.3, -0.25) is 19.1 Å². The molecule has 0 bridgehead atoms. The second-order valence-electron chi connectivity index (χ2n) is 15.2. The number of rotatable bonds is 8. The molecule has 1 unspecified atom stereocenters. The standard InChI is InChI=1S/C39H48N6O8S2/c1-24(2)55(50,51)44-37(48)39-22-25(39)13-6-4-3-5-7-18-30(42-38(49)53-26-14-8-9-15-26)36(47)45-23-27(21-31(45)34(46)43-39)52-35-33(32-19-12-20-54-32)40-28-16-10-11-17-29(28)41-35/h6,10-13,16-17,19-20,24-27,30-31H,3-5,7-9,14-15,18,21-23H2,1-2H3,(H,42,49)(H,43,46)(H,44,48)/b13-6-/t25?,27-,30-,31+,39-/m1/s1. The fourth-order valence-corrected chi connectivity index (χ4v) is 9.02. The first-order valence-electron chi connectivity index (χ1n) is 19.2. The zero-order valence-electron chi connectivity index (χ0n) is 31.1. The van der Waals surface area contributed by atoms with Gasteiger partial charge in [0.05, 0.1) is 27.7 Å². The second kappa shape index (κ2) is 16.3. The van der Waals surface area contributed by atoms with Crippen LogP contribution in [0.15, 0.2) is 53.9 Å². The minimum atomic E-state index is -4.00. The number of nitrogens with one attached hydrogen (secondary N) is 3. The number of allylic oxidation sites excluding steroid dienone is 1. The first-order valence-corrected chi connectivity index (χ1v) is 21.7. The van der Waals surface area contributed by atoms with Gasteiger partial charge in [-0.1, -0.05) is 43.2 Å². The largest absolute Gasteiger partial charge is 0.471 e. The molecular weight excluding hydrogens is 745 g/mol. The molecule has 4 aliphatic rings. The third-order valence-corrected chi connectivity index (χ3v) is 13.5. The van der Waals surface area contributed by atoms with E-state index in [1.165, 1.54) is 30.1 Å². The van der Waals surface area contributed by atoms with Gasteiger partial charge < -0.3 is 25.0 Å². The smallest absolute Gasteiger partial charge is 0.408 e. The highest BCUT2D eigenvalue weighted by atomic mass is 32.2. The topological polar surface area (TPSA) is 186 Å². The Morgan fingerprint density at radius 2 is 1.73 bits per heavy atom. The number of fused-ring (bicyclic) bond motifs is 3. The lowest BCUT2D eigenvalue weighted by molar-refractivity contribution is -0.141. The Morgan fingerprint density at radius 1 is 0.982 bits per heavy atom. The van der Waals surface area contributed by atoms with Gasteiger partial charge in [0.25, 0.3) is 5.91 Å². The number of ether oxygens (including phenoxy) is 2. The van der Waals surface area contributed by atoms with Crippen LogP contribution in [0.3, 0.4) is 0 Å². The number of amides is 4. The number of benzene rings is 1. The third-order valence-electron chi connectivity index (χ3n) is 10.9. The Balaban J connectivity index is 1.21. The molecule has 294 valence electrons. The Hall–Kier alpha value is -4.57. The number of alkyl carbamates (subject to hydrolysis) is 1. The summed E-state index contributed by atoms with van der Waals surface area (Å²) in [5.41, 5.74) is 0.295. The van der Waals surface area contributed by atoms with Crippen molar-refractivity contribution < 1.29 is 37.1 Å². The monoisotopic (exact) mass is 792 g/mol. The molecule has 2 aliphatic carbocycles. The van der Waals surface area contributed by atoms with E-state index in [0.717, 1.165) is 43.4 Å². The lowest BCUT2D eigenvalue weighted by atomic mass is 10.0. The van der Waals surface area contributed by atoms with Crippen molar-refractivity contribution in [3.63, 3.8) is 0 Å². The summed E-state index contributed by atoms with van der Waals surface area (Å²) in [6.07, 6.45) is 9.17. The van der Waals surface area contributed by atoms with E-state index in [0.29, 0.717) is 36.0 Å². The first kappa shape index (κ1) is 38.7. The van der Waals surface area contributed by atoms with Crippen LogP contribution in [0.1, 0.15) is 84.5 Å². The minimum absolute atomic E-state index is 0.0184. The summed E-state index contributed by atoms with van der Waals surface area (Å²) in [4.78, 5) is 67.8. The van der Waals surface area contributed by atoms with Crippen LogP contribution in [0, 0.1) is 5.92 Å². The summed E-state index contributed by atoms with van der Waals surface area (Å²) >= 11 is 1.48. The molecule has 16 heteroatoms. The van der Waals surface area contributed by atoms with Gasteiger partial charge in [-0.25, -0.2) is 23.2 Å². The van der Waals surface area contributed by atoms with Crippen molar-refractivity contribution in [2.75, 3.05) is 6.54 Å². The van der Waals surface area contributed by atoms with Crippen molar-refractivity contribution in [2.24, 2.45) is 5.92 Å². The van der Waals surface area contributed by atoms with E-state index in [2.05, 4.69) is 15.4 Å². The molecule has 0 spiro atoms. The maximum absolute atomic E-state index is 14.6. The fourth-order valence-electron chi connectivity index (χ4n) is 7.64. The minimum Gasteiger partial charge on any atom is -0.471 e. The van der Waals surface area contributed by atoms with Gasteiger partial charge in [0.2, 0.25) is 27.7 Å². The summed E-state index contributed by atoms with van der Waals surface area (Å²) in [5, 5.41) is 6.75. The van der Waals surface area contributed by atoms with Crippen LogP contribution in [0.2, 0.25) is 0 Å². The van der Waals surface area contributed by atoms with Gasteiger partial charge in [-0.2, -0.15) is 0 Å². The van der Waals surface area contributed by atoms with E-state index in [1.54, 1.807) is 0 Å². The predicted octanol–water partition coefficient (Wildman–Crippen LogP) is 4.99. The van der Waals surface area contributed by atoms with E-state index in [9.17, 15) is 27.6 Å². The summed E-state index contributed by atoms with van der Waals surface area (Å²) in [5.74, 6) is -2.11. The van der Waals surface area contributed by atoms with Crippen LogP contribution >= 0.6 is 11.3 Å². The van der Waals surface area contributed by atoms with Crippen molar-refractivity contribution >= 4 is 56.2 Å². The number of thiophene rings is 1. The molecule has 0 radical (unpaired) electrons. The molecule has 2 aromatic heterocycles. The number of hydrogen-bond donors (Lipinski definition) is 3. The van der Waals surface area contributed by atoms with Crippen LogP contribution in [0.5, 0.6) is 5.88 Å². The summed E-state index contributed by atoms with van der Waals surface area (Å²) in [7, 11) is -4.00. The highest BCUT2D eigenvalue weighted by molar-refractivity contribution is 7.90. The van der Waals surface area contributed by atoms with Crippen LogP contribution in [-0.2, 0) is 29.1 Å². The number of nitrogens with zero attached hydrogens (tertiary/aromatic N) is 3. The Bertz CT molecular complexity index is 2050. The Labute approximate surface area is 324 Å². The lowest BCUT2D eigenvalue weighted by Crippen LogP contribution is -2.58. The maximum atomic E-state index is 14.6. The van der Waals surface area contributed by atoms with Crippen LogP contribution in [-0.4, -0.2) is 88.7 Å². The quantitative estimate of drug-likeness (QED) is 0.263. The predicted molar refractivity (Wildman–Crippen MR) is 206 cm³/mol. The second-order valence-corrected chi connectivity index (χ2v) is 18.4. The van der Waals surface area contributed by atoms with Gasteiger partial charge >= 0.3 is 6.09 Å². The fraction of sp³-hybridized carbons (Fsp3) is 0.538. The van der Waals surface area contributed by atoms with E-state index in [-0.39, 0.29) is 31.4 Å². The normalized spacial score (nSPS) is 27.0. The average molecular weight is 793 g/mol. The molecule has 4 heterocycles. The molecule has 3 aromatic rings. The van der Waals surface area contributed by atoms with Gasteiger partial charge in [0.15, 0.2) is 0 Å². The summed E-state index contributed by atoms with van der Waals surface area (Å²) < 4.78 is 40.0. The first-order chi connectivity index (χ1) is 26.4. The number of aromatic nitrogens is 2. The molecule has 2 saturated carbocycles. The zero-order chi connectivity index (χ0) is 38.7. The van der Waals surface area contributed by atoms with Gasteiger partial charge in [0.1, 0.15) is 35.5 Å². The maximum Gasteiger partial charge on any atom is 0.408 e. The highest BCUT2D eigenvalue weighted by Crippen LogP contribution is 2.46.